The number of ether oxygens (including phenoxy) is 3. The monoisotopic (exact) mass is 477 g/mol. The van der Waals surface area contributed by atoms with E-state index >= 15 is 0 Å². The smallest absolute Gasteiger partial charge is 0.291 e. The van der Waals surface area contributed by atoms with Gasteiger partial charge in [0.2, 0.25) is 0 Å². The standard InChI is InChI=1S/C22H31N5O3S2/c1-28-21-22(27-32-26-21)30-16-11-9-7-5-3-2-4-6-8-10-15-29-20-19(24-31-25-20)18-13-12-14-23-17-18/h12-14,17H,2-11,15-16H2,1H3. The largest absolute Gasteiger partial charge is 0.477 e. The molecule has 0 amide bonds. The Hall–Kier alpha value is -2.33. The average Bonchev–Trinajstić information content (AvgIpc) is 3.49. The molecule has 0 unspecified atom stereocenters. The molecule has 174 valence electrons. The number of nitrogens with zero attached hydrogens (tertiary/aromatic N) is 5. The lowest BCUT2D eigenvalue weighted by Gasteiger charge is -2.06. The molecule has 0 radical (unpaired) electrons. The van der Waals surface area contributed by atoms with Crippen molar-refractivity contribution in [1.29, 1.82) is 0 Å². The van der Waals surface area contributed by atoms with Gasteiger partial charge in [0.15, 0.2) is 0 Å². The molecule has 0 bridgehead atoms. The minimum atomic E-state index is 0.483. The zero-order chi connectivity index (χ0) is 22.3. The summed E-state index contributed by atoms with van der Waals surface area (Å²) in [5.74, 6) is 1.62. The Bertz CT molecular complexity index is 875. The maximum Gasteiger partial charge on any atom is 0.291 e. The SMILES string of the molecule is COc1nsnc1OCCCCCCCCCCCCOc1nsnc1-c1cccnc1. The molecule has 8 nitrogen and oxygen atoms in total. The van der Waals surface area contributed by atoms with Crippen molar-refractivity contribution >= 4 is 23.5 Å². The molecule has 0 aliphatic heterocycles. The van der Waals surface area contributed by atoms with Gasteiger partial charge in [0.1, 0.15) is 5.69 Å². The molecule has 3 aromatic rings. The zero-order valence-corrected chi connectivity index (χ0v) is 20.2. The molecule has 32 heavy (non-hydrogen) atoms. The van der Waals surface area contributed by atoms with Crippen molar-refractivity contribution in [3.05, 3.63) is 24.5 Å². The molecule has 3 aromatic heterocycles. The highest BCUT2D eigenvalue weighted by atomic mass is 32.1. The molecular weight excluding hydrogens is 446 g/mol. The molecule has 0 saturated heterocycles. The Morgan fingerprint density at radius 1 is 0.688 bits per heavy atom. The van der Waals surface area contributed by atoms with E-state index in [0.717, 1.165) is 35.8 Å². The summed E-state index contributed by atoms with van der Waals surface area (Å²) in [6, 6.07) is 3.87. The molecule has 0 spiro atoms. The Kier molecular flexibility index (Phi) is 11.2. The van der Waals surface area contributed by atoms with E-state index < -0.39 is 0 Å². The number of aromatic nitrogens is 5. The van der Waals surface area contributed by atoms with Crippen LogP contribution in [0.3, 0.4) is 0 Å². The van der Waals surface area contributed by atoms with Gasteiger partial charge in [-0.05, 0) is 25.0 Å². The highest BCUT2D eigenvalue weighted by molar-refractivity contribution is 6.99. The summed E-state index contributed by atoms with van der Waals surface area (Å²) in [7, 11) is 1.58. The summed E-state index contributed by atoms with van der Waals surface area (Å²) < 4.78 is 33.2. The molecule has 0 aliphatic rings. The third kappa shape index (κ3) is 8.31. The van der Waals surface area contributed by atoms with Crippen LogP contribution in [0, 0.1) is 0 Å². The second-order valence-corrected chi connectivity index (χ2v) is 8.53. The first-order chi connectivity index (χ1) is 15.9. The third-order valence-electron chi connectivity index (χ3n) is 5.03. The van der Waals surface area contributed by atoms with Crippen LogP contribution in [0.1, 0.15) is 64.2 Å². The van der Waals surface area contributed by atoms with Gasteiger partial charge in [0, 0.05) is 18.0 Å². The van der Waals surface area contributed by atoms with Crippen LogP contribution < -0.4 is 14.2 Å². The van der Waals surface area contributed by atoms with Crippen LogP contribution in [0.2, 0.25) is 0 Å². The van der Waals surface area contributed by atoms with Crippen molar-refractivity contribution in [3.8, 4) is 28.9 Å². The fourth-order valence-corrected chi connectivity index (χ4v) is 4.29. The van der Waals surface area contributed by atoms with Crippen LogP contribution >= 0.6 is 23.5 Å². The van der Waals surface area contributed by atoms with Gasteiger partial charge in [-0.15, -0.1) is 13.1 Å². The van der Waals surface area contributed by atoms with E-state index in [0.29, 0.717) is 30.9 Å². The maximum absolute atomic E-state index is 5.84. The van der Waals surface area contributed by atoms with Crippen molar-refractivity contribution in [1.82, 2.24) is 22.5 Å². The molecule has 0 aromatic carbocycles. The average molecular weight is 478 g/mol. The number of methoxy groups -OCH3 is 1. The summed E-state index contributed by atoms with van der Waals surface area (Å²) in [4.78, 5) is 4.13. The van der Waals surface area contributed by atoms with Gasteiger partial charge in [-0.2, -0.15) is 4.37 Å². The summed E-state index contributed by atoms with van der Waals surface area (Å²) >= 11 is 2.29. The minimum absolute atomic E-state index is 0.483. The third-order valence-corrected chi connectivity index (χ3v) is 6.04. The Morgan fingerprint density at radius 3 is 1.88 bits per heavy atom. The number of rotatable bonds is 17. The van der Waals surface area contributed by atoms with Crippen molar-refractivity contribution < 1.29 is 14.2 Å². The topological polar surface area (TPSA) is 92.1 Å². The molecule has 0 aliphatic carbocycles. The highest BCUT2D eigenvalue weighted by Gasteiger charge is 2.11. The van der Waals surface area contributed by atoms with Crippen LogP contribution in [-0.4, -0.2) is 42.8 Å². The summed E-state index contributed by atoms with van der Waals surface area (Å²) in [5, 5.41) is 0. The first-order valence-corrected chi connectivity index (χ1v) is 12.7. The Labute approximate surface area is 198 Å². The highest BCUT2D eigenvalue weighted by Crippen LogP contribution is 2.27. The quantitative estimate of drug-likeness (QED) is 0.225. The predicted molar refractivity (Wildman–Crippen MR) is 127 cm³/mol. The van der Waals surface area contributed by atoms with Crippen molar-refractivity contribution in [2.45, 2.75) is 64.2 Å². The van der Waals surface area contributed by atoms with E-state index in [2.05, 4.69) is 22.5 Å². The van der Waals surface area contributed by atoms with Crippen molar-refractivity contribution in [2.24, 2.45) is 0 Å². The van der Waals surface area contributed by atoms with E-state index in [4.69, 9.17) is 14.2 Å². The number of hydrogen-bond donors (Lipinski definition) is 0. The molecule has 0 saturated carbocycles. The van der Waals surface area contributed by atoms with Crippen LogP contribution in [0.15, 0.2) is 24.5 Å². The van der Waals surface area contributed by atoms with Gasteiger partial charge in [0.05, 0.1) is 43.8 Å². The molecular formula is C22H31N5O3S2. The van der Waals surface area contributed by atoms with Gasteiger partial charge in [-0.1, -0.05) is 51.4 Å². The molecule has 0 atom stereocenters. The van der Waals surface area contributed by atoms with Crippen molar-refractivity contribution in [3.63, 3.8) is 0 Å². The van der Waals surface area contributed by atoms with Gasteiger partial charge in [-0.3, -0.25) is 4.98 Å². The van der Waals surface area contributed by atoms with E-state index in [1.165, 1.54) is 63.1 Å². The molecule has 0 fully saturated rings. The fraction of sp³-hybridized carbons (Fsp3) is 0.591. The number of hydrogen-bond acceptors (Lipinski definition) is 10. The Balaban J connectivity index is 1.11. The maximum atomic E-state index is 5.84. The van der Waals surface area contributed by atoms with Gasteiger partial charge in [0.25, 0.3) is 17.6 Å². The summed E-state index contributed by atoms with van der Waals surface area (Å²) in [6.07, 6.45) is 15.7. The second kappa shape index (κ2) is 14.7. The normalized spacial score (nSPS) is 10.9. The number of pyridine rings is 1. The zero-order valence-electron chi connectivity index (χ0n) is 18.6. The van der Waals surface area contributed by atoms with E-state index in [9.17, 15) is 0 Å². The first kappa shape index (κ1) is 24.3. The Morgan fingerprint density at radius 2 is 1.25 bits per heavy atom. The predicted octanol–water partition coefficient (Wildman–Crippen LogP) is 5.82. The number of unbranched alkanes of at least 4 members (excludes halogenated alkanes) is 9. The fourth-order valence-electron chi connectivity index (χ4n) is 3.30. The van der Waals surface area contributed by atoms with Gasteiger partial charge >= 0.3 is 0 Å². The minimum Gasteiger partial charge on any atom is -0.477 e. The van der Waals surface area contributed by atoms with Crippen LogP contribution in [-0.2, 0) is 0 Å². The molecule has 10 heteroatoms. The second-order valence-electron chi connectivity index (χ2n) is 7.47. The van der Waals surface area contributed by atoms with E-state index in [1.54, 1.807) is 19.5 Å². The van der Waals surface area contributed by atoms with Crippen molar-refractivity contribution in [2.75, 3.05) is 20.3 Å². The van der Waals surface area contributed by atoms with Crippen LogP contribution in [0.5, 0.6) is 17.6 Å². The lowest BCUT2D eigenvalue weighted by atomic mass is 10.1. The van der Waals surface area contributed by atoms with Gasteiger partial charge < -0.3 is 14.2 Å². The summed E-state index contributed by atoms with van der Waals surface area (Å²) in [5.41, 5.74) is 1.73. The summed E-state index contributed by atoms with van der Waals surface area (Å²) in [6.45, 7) is 1.36. The van der Waals surface area contributed by atoms with E-state index in [-0.39, 0.29) is 0 Å². The molecule has 0 N–H and O–H groups in total. The first-order valence-electron chi connectivity index (χ1n) is 11.2. The molecule has 3 rings (SSSR count). The van der Waals surface area contributed by atoms with E-state index in [1.807, 2.05) is 12.1 Å². The van der Waals surface area contributed by atoms with Crippen LogP contribution in [0.25, 0.3) is 11.3 Å². The lowest BCUT2D eigenvalue weighted by Crippen LogP contribution is -1.99. The van der Waals surface area contributed by atoms with Crippen LogP contribution in [0.4, 0.5) is 0 Å². The lowest BCUT2D eigenvalue weighted by molar-refractivity contribution is 0.274. The molecule has 3 heterocycles. The van der Waals surface area contributed by atoms with Gasteiger partial charge in [-0.25, -0.2) is 0 Å².